The molecule has 0 unspecified atom stereocenters. The Hall–Kier alpha value is -1.32. The van der Waals surface area contributed by atoms with E-state index in [2.05, 4.69) is 0 Å². The summed E-state index contributed by atoms with van der Waals surface area (Å²) in [6.07, 6.45) is 2.30. The number of carboxylic acid groups (broad SMARTS) is 1. The smallest absolute Gasteiger partial charge is 0.331 e. The minimum absolute atomic E-state index is 0.452. The highest BCUT2D eigenvalue weighted by molar-refractivity contribution is 6.30. The quantitative estimate of drug-likeness (QED) is 0.805. The summed E-state index contributed by atoms with van der Waals surface area (Å²) in [5.41, 5.74) is 1.57. The van der Waals surface area contributed by atoms with Crippen molar-refractivity contribution < 1.29 is 9.90 Å². The molecule has 98 valence electrons. The summed E-state index contributed by atoms with van der Waals surface area (Å²) in [5.74, 6) is -0.839. The number of carbonyl (C=O) groups is 1. The molecule has 0 amide bonds. The molecule has 0 aliphatic rings. The second kappa shape index (κ2) is 7.19. The summed E-state index contributed by atoms with van der Waals surface area (Å²) in [6.45, 7) is 3.20. The molecule has 0 aliphatic carbocycles. The van der Waals surface area contributed by atoms with E-state index in [-0.39, 0.29) is 0 Å². The summed E-state index contributed by atoms with van der Waals surface area (Å²) in [5, 5.41) is 9.63. The third kappa shape index (κ3) is 4.90. The molecule has 0 bridgehead atoms. The van der Waals surface area contributed by atoms with E-state index >= 15 is 0 Å². The molecule has 3 nitrogen and oxygen atoms in total. The first kappa shape index (κ1) is 14.7. The van der Waals surface area contributed by atoms with Crippen molar-refractivity contribution in [3.8, 4) is 0 Å². The Morgan fingerprint density at radius 2 is 2.22 bits per heavy atom. The van der Waals surface area contributed by atoms with Gasteiger partial charge < -0.3 is 5.11 Å². The highest BCUT2D eigenvalue weighted by Gasteiger charge is 2.05. The summed E-state index contributed by atoms with van der Waals surface area (Å²) in [6, 6.07) is 7.67. The highest BCUT2D eigenvalue weighted by Crippen LogP contribution is 2.12. The fourth-order valence-corrected chi connectivity index (χ4v) is 1.87. The number of hydrogen-bond donors (Lipinski definition) is 1. The van der Waals surface area contributed by atoms with Crippen LogP contribution in [0.3, 0.4) is 0 Å². The Bertz CT molecular complexity index is 443. The average Bonchev–Trinajstić information content (AvgIpc) is 2.29. The zero-order valence-corrected chi connectivity index (χ0v) is 11.4. The molecule has 0 spiro atoms. The minimum atomic E-state index is -0.839. The molecule has 0 radical (unpaired) electrons. The van der Waals surface area contributed by atoms with Gasteiger partial charge in [0.15, 0.2) is 0 Å². The number of carboxylic acids is 1. The van der Waals surface area contributed by atoms with Gasteiger partial charge in [-0.15, -0.1) is 0 Å². The normalized spacial score (nSPS) is 11.9. The van der Waals surface area contributed by atoms with Crippen LogP contribution in [0.15, 0.2) is 35.9 Å². The van der Waals surface area contributed by atoms with Crippen LogP contribution in [-0.4, -0.2) is 29.6 Å². The average molecular weight is 268 g/mol. The van der Waals surface area contributed by atoms with E-state index in [0.29, 0.717) is 18.5 Å². The van der Waals surface area contributed by atoms with Gasteiger partial charge in [-0.05, 0) is 31.2 Å². The van der Waals surface area contributed by atoms with E-state index in [1.54, 1.807) is 6.08 Å². The fraction of sp³-hybridized carbons (Fsp3) is 0.357. The van der Waals surface area contributed by atoms with E-state index < -0.39 is 5.97 Å². The predicted octanol–water partition coefficient (Wildman–Crippen LogP) is 3.19. The lowest BCUT2D eigenvalue weighted by Crippen LogP contribution is -2.18. The van der Waals surface area contributed by atoms with Gasteiger partial charge in [-0.3, -0.25) is 4.90 Å². The van der Waals surface area contributed by atoms with Crippen LogP contribution in [0.2, 0.25) is 5.02 Å². The van der Waals surface area contributed by atoms with E-state index in [1.165, 1.54) is 0 Å². The third-order valence-electron chi connectivity index (χ3n) is 2.65. The van der Waals surface area contributed by atoms with Crippen LogP contribution in [0.1, 0.15) is 18.9 Å². The van der Waals surface area contributed by atoms with Crippen LogP contribution < -0.4 is 0 Å². The van der Waals surface area contributed by atoms with Gasteiger partial charge in [0.25, 0.3) is 0 Å². The molecule has 1 rings (SSSR count). The summed E-state index contributed by atoms with van der Waals surface area (Å²) in [7, 11) is 1.95. The first-order chi connectivity index (χ1) is 8.52. The summed E-state index contributed by atoms with van der Waals surface area (Å²) in [4.78, 5) is 12.9. The molecule has 0 aliphatic heterocycles. The lowest BCUT2D eigenvalue weighted by molar-refractivity contribution is -0.132. The van der Waals surface area contributed by atoms with Crippen molar-refractivity contribution >= 4 is 17.6 Å². The predicted molar refractivity (Wildman–Crippen MR) is 73.8 cm³/mol. The molecule has 0 aromatic heterocycles. The molecule has 0 saturated carbocycles. The van der Waals surface area contributed by atoms with Crippen LogP contribution in [-0.2, 0) is 11.3 Å². The Balaban J connectivity index is 2.56. The van der Waals surface area contributed by atoms with Gasteiger partial charge in [-0.1, -0.05) is 36.7 Å². The van der Waals surface area contributed by atoms with Gasteiger partial charge >= 0.3 is 5.97 Å². The first-order valence-electron chi connectivity index (χ1n) is 5.88. The topological polar surface area (TPSA) is 40.5 Å². The number of rotatable bonds is 6. The van der Waals surface area contributed by atoms with Gasteiger partial charge in [-0.2, -0.15) is 0 Å². The molecule has 0 heterocycles. The SMILES string of the molecule is CCC(=CCN(C)Cc1cccc(Cl)c1)C(=O)O. The van der Waals surface area contributed by atoms with E-state index in [1.807, 2.05) is 43.1 Å². The van der Waals surface area contributed by atoms with Gasteiger partial charge in [0, 0.05) is 23.7 Å². The molecule has 18 heavy (non-hydrogen) atoms. The van der Waals surface area contributed by atoms with Crippen LogP contribution in [0.25, 0.3) is 0 Å². The maximum Gasteiger partial charge on any atom is 0.331 e. The second-order valence-corrected chi connectivity index (χ2v) is 4.65. The molecular weight excluding hydrogens is 250 g/mol. The Morgan fingerprint density at radius 1 is 1.50 bits per heavy atom. The number of benzene rings is 1. The lowest BCUT2D eigenvalue weighted by atomic mass is 10.2. The van der Waals surface area contributed by atoms with Crippen LogP contribution in [0.4, 0.5) is 0 Å². The van der Waals surface area contributed by atoms with E-state index in [4.69, 9.17) is 16.7 Å². The van der Waals surface area contributed by atoms with Crippen LogP contribution in [0.5, 0.6) is 0 Å². The first-order valence-corrected chi connectivity index (χ1v) is 6.26. The number of nitrogens with zero attached hydrogens (tertiary/aromatic N) is 1. The third-order valence-corrected chi connectivity index (χ3v) is 2.88. The Morgan fingerprint density at radius 3 is 2.78 bits per heavy atom. The lowest BCUT2D eigenvalue weighted by Gasteiger charge is -2.15. The molecule has 1 aromatic rings. The van der Waals surface area contributed by atoms with Crippen molar-refractivity contribution in [2.24, 2.45) is 0 Å². The molecule has 0 saturated heterocycles. The summed E-state index contributed by atoms with van der Waals surface area (Å²) < 4.78 is 0. The molecule has 4 heteroatoms. The fourth-order valence-electron chi connectivity index (χ4n) is 1.66. The monoisotopic (exact) mass is 267 g/mol. The molecular formula is C14H18ClNO2. The molecule has 1 N–H and O–H groups in total. The van der Waals surface area contributed by atoms with Crippen molar-refractivity contribution in [2.75, 3.05) is 13.6 Å². The zero-order valence-electron chi connectivity index (χ0n) is 10.7. The van der Waals surface area contributed by atoms with Crippen LogP contribution >= 0.6 is 11.6 Å². The zero-order chi connectivity index (χ0) is 13.5. The number of hydrogen-bond acceptors (Lipinski definition) is 2. The minimum Gasteiger partial charge on any atom is -0.478 e. The van der Waals surface area contributed by atoms with Crippen LogP contribution in [0, 0.1) is 0 Å². The Kier molecular flexibility index (Phi) is 5.89. The summed E-state index contributed by atoms with van der Waals surface area (Å²) >= 11 is 5.91. The number of aliphatic carboxylic acids is 1. The van der Waals surface area contributed by atoms with E-state index in [0.717, 1.165) is 17.1 Å². The highest BCUT2D eigenvalue weighted by atomic mass is 35.5. The van der Waals surface area contributed by atoms with Gasteiger partial charge in [0.1, 0.15) is 0 Å². The van der Waals surface area contributed by atoms with Crippen molar-refractivity contribution in [1.82, 2.24) is 4.90 Å². The number of halogens is 1. The van der Waals surface area contributed by atoms with Crippen molar-refractivity contribution in [2.45, 2.75) is 19.9 Å². The molecule has 0 fully saturated rings. The second-order valence-electron chi connectivity index (χ2n) is 4.21. The standard InChI is InChI=1S/C14H18ClNO2/c1-3-12(14(17)18)7-8-16(2)10-11-5-4-6-13(15)9-11/h4-7,9H,3,8,10H2,1-2H3,(H,17,18). The Labute approximate surface area is 113 Å². The molecule has 1 aromatic carbocycles. The van der Waals surface area contributed by atoms with Gasteiger partial charge in [-0.25, -0.2) is 4.79 Å². The van der Waals surface area contributed by atoms with Crippen molar-refractivity contribution in [3.05, 3.63) is 46.5 Å². The molecule has 0 atom stereocenters. The largest absolute Gasteiger partial charge is 0.478 e. The number of likely N-dealkylation sites (N-methyl/N-ethyl adjacent to an activating group) is 1. The van der Waals surface area contributed by atoms with Gasteiger partial charge in [0.2, 0.25) is 0 Å². The van der Waals surface area contributed by atoms with Crippen molar-refractivity contribution in [1.29, 1.82) is 0 Å². The van der Waals surface area contributed by atoms with E-state index in [9.17, 15) is 4.79 Å². The van der Waals surface area contributed by atoms with Gasteiger partial charge in [0.05, 0.1) is 0 Å². The van der Waals surface area contributed by atoms with Crippen molar-refractivity contribution in [3.63, 3.8) is 0 Å². The maximum absolute atomic E-state index is 10.8. The maximum atomic E-state index is 10.8.